The van der Waals surface area contributed by atoms with Crippen molar-refractivity contribution in [3.8, 4) is 0 Å². The van der Waals surface area contributed by atoms with Gasteiger partial charge in [0.2, 0.25) is 11.8 Å². The molecule has 0 aromatic carbocycles. The SMILES string of the molecule is O=C(CC1C(=O)NCCN1Cc1cccs1)NCCc1cn2ccccc2n1. The summed E-state index contributed by atoms with van der Waals surface area (Å²) in [6.45, 7) is 2.57. The van der Waals surface area contributed by atoms with E-state index in [1.165, 1.54) is 4.88 Å². The monoisotopic (exact) mass is 397 g/mol. The van der Waals surface area contributed by atoms with Gasteiger partial charge in [-0.25, -0.2) is 4.98 Å². The third kappa shape index (κ3) is 4.40. The van der Waals surface area contributed by atoms with E-state index in [-0.39, 0.29) is 18.2 Å². The second-order valence-electron chi connectivity index (χ2n) is 6.86. The van der Waals surface area contributed by atoms with Crippen LogP contribution in [-0.4, -0.2) is 51.8 Å². The predicted molar refractivity (Wildman–Crippen MR) is 108 cm³/mol. The molecule has 1 aliphatic heterocycles. The number of aromatic nitrogens is 2. The minimum Gasteiger partial charge on any atom is -0.356 e. The summed E-state index contributed by atoms with van der Waals surface area (Å²) < 4.78 is 1.96. The molecule has 7 nitrogen and oxygen atoms in total. The van der Waals surface area contributed by atoms with Crippen LogP contribution in [-0.2, 0) is 22.6 Å². The fourth-order valence-corrected chi connectivity index (χ4v) is 4.19. The molecule has 3 aromatic heterocycles. The van der Waals surface area contributed by atoms with Crippen LogP contribution >= 0.6 is 11.3 Å². The van der Waals surface area contributed by atoms with Crippen LogP contribution in [0.25, 0.3) is 5.65 Å². The number of imidazole rings is 1. The molecule has 28 heavy (non-hydrogen) atoms. The molecular formula is C20H23N5O2S. The summed E-state index contributed by atoms with van der Waals surface area (Å²) in [5.74, 6) is -0.180. The third-order valence-corrected chi connectivity index (χ3v) is 5.74. The normalized spacial score (nSPS) is 17.6. The van der Waals surface area contributed by atoms with Gasteiger partial charge in [0.25, 0.3) is 0 Å². The maximum Gasteiger partial charge on any atom is 0.237 e. The molecule has 146 valence electrons. The van der Waals surface area contributed by atoms with Crippen molar-refractivity contribution >= 4 is 28.8 Å². The Morgan fingerprint density at radius 1 is 1.32 bits per heavy atom. The van der Waals surface area contributed by atoms with Gasteiger partial charge in [0.15, 0.2) is 0 Å². The van der Waals surface area contributed by atoms with Gasteiger partial charge >= 0.3 is 0 Å². The predicted octanol–water partition coefficient (Wildman–Crippen LogP) is 1.45. The van der Waals surface area contributed by atoms with Crippen molar-refractivity contribution in [1.82, 2.24) is 24.9 Å². The molecular weight excluding hydrogens is 374 g/mol. The van der Waals surface area contributed by atoms with Crippen molar-refractivity contribution in [2.75, 3.05) is 19.6 Å². The molecule has 1 saturated heterocycles. The van der Waals surface area contributed by atoms with Gasteiger partial charge in [0.05, 0.1) is 18.2 Å². The number of hydrogen-bond acceptors (Lipinski definition) is 5. The first-order valence-electron chi connectivity index (χ1n) is 9.42. The molecule has 1 aliphatic rings. The molecule has 1 unspecified atom stereocenters. The van der Waals surface area contributed by atoms with Crippen LogP contribution < -0.4 is 10.6 Å². The molecule has 2 amide bonds. The Labute approximate surface area is 167 Å². The van der Waals surface area contributed by atoms with E-state index in [1.807, 2.05) is 46.4 Å². The number of amides is 2. The van der Waals surface area contributed by atoms with Crippen molar-refractivity contribution in [3.05, 3.63) is 58.7 Å². The lowest BCUT2D eigenvalue weighted by molar-refractivity contribution is -0.134. The van der Waals surface area contributed by atoms with Gasteiger partial charge in [0.1, 0.15) is 5.65 Å². The number of piperazine rings is 1. The third-order valence-electron chi connectivity index (χ3n) is 4.88. The summed E-state index contributed by atoms with van der Waals surface area (Å²) in [7, 11) is 0. The van der Waals surface area contributed by atoms with Crippen molar-refractivity contribution in [1.29, 1.82) is 0 Å². The first-order chi connectivity index (χ1) is 13.7. The maximum atomic E-state index is 12.4. The molecule has 1 atom stereocenters. The second-order valence-corrected chi connectivity index (χ2v) is 7.89. The van der Waals surface area contributed by atoms with Crippen LogP contribution in [0.15, 0.2) is 48.1 Å². The lowest BCUT2D eigenvalue weighted by atomic mass is 10.1. The highest BCUT2D eigenvalue weighted by Gasteiger charge is 2.31. The highest BCUT2D eigenvalue weighted by atomic mass is 32.1. The van der Waals surface area contributed by atoms with Crippen LogP contribution in [0, 0.1) is 0 Å². The molecule has 0 aliphatic carbocycles. The Balaban J connectivity index is 1.30. The highest BCUT2D eigenvalue weighted by molar-refractivity contribution is 7.09. The quantitative estimate of drug-likeness (QED) is 0.633. The number of pyridine rings is 1. The number of fused-ring (bicyclic) bond motifs is 1. The van der Waals surface area contributed by atoms with Crippen molar-refractivity contribution < 1.29 is 9.59 Å². The Morgan fingerprint density at radius 3 is 3.07 bits per heavy atom. The summed E-state index contributed by atoms with van der Waals surface area (Å²) in [5.41, 5.74) is 1.83. The van der Waals surface area contributed by atoms with E-state index < -0.39 is 6.04 Å². The smallest absolute Gasteiger partial charge is 0.237 e. The fraction of sp³-hybridized carbons (Fsp3) is 0.350. The number of carbonyl (C=O) groups is 2. The van der Waals surface area contributed by atoms with E-state index >= 15 is 0 Å². The molecule has 0 spiro atoms. The summed E-state index contributed by atoms with van der Waals surface area (Å²) in [4.78, 5) is 32.6. The zero-order chi connectivity index (χ0) is 19.3. The minimum absolute atomic E-state index is 0.0710. The summed E-state index contributed by atoms with van der Waals surface area (Å²) >= 11 is 1.67. The van der Waals surface area contributed by atoms with E-state index in [0.29, 0.717) is 26.1 Å². The van der Waals surface area contributed by atoms with E-state index in [4.69, 9.17) is 0 Å². The molecule has 0 bridgehead atoms. The van der Waals surface area contributed by atoms with Gasteiger partial charge in [-0.1, -0.05) is 12.1 Å². The molecule has 0 saturated carbocycles. The van der Waals surface area contributed by atoms with E-state index in [1.54, 1.807) is 11.3 Å². The van der Waals surface area contributed by atoms with Gasteiger partial charge in [-0.05, 0) is 23.6 Å². The molecule has 2 N–H and O–H groups in total. The summed E-state index contributed by atoms with van der Waals surface area (Å²) in [6, 6.07) is 9.49. The average Bonchev–Trinajstić information content (AvgIpc) is 3.33. The lowest BCUT2D eigenvalue weighted by Crippen LogP contribution is -2.56. The maximum absolute atomic E-state index is 12.4. The van der Waals surface area contributed by atoms with Gasteiger partial charge in [-0.15, -0.1) is 11.3 Å². The van der Waals surface area contributed by atoms with Gasteiger partial charge in [-0.2, -0.15) is 0 Å². The number of nitrogens with one attached hydrogen (secondary N) is 2. The zero-order valence-corrected chi connectivity index (χ0v) is 16.3. The van der Waals surface area contributed by atoms with E-state index in [2.05, 4.69) is 26.6 Å². The van der Waals surface area contributed by atoms with E-state index in [9.17, 15) is 9.59 Å². The number of nitrogens with zero attached hydrogens (tertiary/aromatic N) is 3. The van der Waals surface area contributed by atoms with Crippen molar-refractivity contribution in [2.45, 2.75) is 25.4 Å². The Bertz CT molecular complexity index is 920. The minimum atomic E-state index is -0.425. The molecule has 0 radical (unpaired) electrons. The summed E-state index contributed by atoms with van der Waals surface area (Å²) in [6.07, 6.45) is 4.75. The zero-order valence-electron chi connectivity index (χ0n) is 15.5. The Kier molecular flexibility index (Phi) is 5.68. The number of carbonyl (C=O) groups excluding carboxylic acids is 2. The Hall–Kier alpha value is -2.71. The summed E-state index contributed by atoms with van der Waals surface area (Å²) in [5, 5.41) is 7.83. The molecule has 8 heteroatoms. The first kappa shape index (κ1) is 18.6. The van der Waals surface area contributed by atoms with Gasteiger partial charge < -0.3 is 15.0 Å². The number of hydrogen-bond donors (Lipinski definition) is 2. The van der Waals surface area contributed by atoms with Crippen LogP contribution in [0.4, 0.5) is 0 Å². The first-order valence-corrected chi connectivity index (χ1v) is 10.3. The Morgan fingerprint density at radius 2 is 2.25 bits per heavy atom. The van der Waals surface area contributed by atoms with Crippen molar-refractivity contribution in [2.24, 2.45) is 0 Å². The number of rotatable bonds is 7. The highest BCUT2D eigenvalue weighted by Crippen LogP contribution is 2.17. The van der Waals surface area contributed by atoms with Crippen LogP contribution in [0.5, 0.6) is 0 Å². The van der Waals surface area contributed by atoms with Gasteiger partial charge in [0, 0.05) is 49.9 Å². The lowest BCUT2D eigenvalue weighted by Gasteiger charge is -2.34. The van der Waals surface area contributed by atoms with Crippen LogP contribution in [0.2, 0.25) is 0 Å². The second kappa shape index (κ2) is 8.53. The average molecular weight is 398 g/mol. The molecule has 4 rings (SSSR count). The number of thiophene rings is 1. The molecule has 1 fully saturated rings. The largest absolute Gasteiger partial charge is 0.356 e. The van der Waals surface area contributed by atoms with Gasteiger partial charge in [-0.3, -0.25) is 14.5 Å². The topological polar surface area (TPSA) is 78.7 Å². The van der Waals surface area contributed by atoms with Crippen LogP contribution in [0.3, 0.4) is 0 Å². The molecule has 3 aromatic rings. The standard InChI is InChI=1S/C20H23N5O2S/c26-19(21-7-6-15-13-25-9-2-1-5-18(25)23-15)12-17-20(27)22-8-10-24(17)14-16-4-3-11-28-16/h1-5,9,11,13,17H,6-8,10,12,14H2,(H,21,26)(H,22,27). The van der Waals surface area contributed by atoms with E-state index in [0.717, 1.165) is 17.9 Å². The van der Waals surface area contributed by atoms with Crippen LogP contribution in [0.1, 0.15) is 17.0 Å². The van der Waals surface area contributed by atoms with Crippen molar-refractivity contribution in [3.63, 3.8) is 0 Å². The molecule has 4 heterocycles. The fourth-order valence-electron chi connectivity index (χ4n) is 3.46.